The Bertz CT molecular complexity index is 819. The van der Waals surface area contributed by atoms with Gasteiger partial charge in [0.05, 0.1) is 6.10 Å². The molecular formula is C17H19N5O. The summed E-state index contributed by atoms with van der Waals surface area (Å²) >= 11 is 0. The number of rotatable bonds is 2. The minimum absolute atomic E-state index is 0.187. The van der Waals surface area contributed by atoms with E-state index < -0.39 is 0 Å². The number of pyridine rings is 1. The van der Waals surface area contributed by atoms with Crippen LogP contribution in [0.1, 0.15) is 18.4 Å². The number of nitrogens with one attached hydrogen (secondary N) is 1. The van der Waals surface area contributed by atoms with Gasteiger partial charge < -0.3 is 15.0 Å². The van der Waals surface area contributed by atoms with Gasteiger partial charge in [-0.15, -0.1) is 0 Å². The molecule has 3 aromatic heterocycles. The number of nitrogens with zero attached hydrogens (tertiary/aromatic N) is 4. The topological polar surface area (TPSA) is 77.9 Å². The average Bonchev–Trinajstić information content (AvgIpc) is 2.96. The largest absolute Gasteiger partial charge is 0.393 e. The molecule has 0 aromatic carbocycles. The zero-order valence-corrected chi connectivity index (χ0v) is 13.0. The number of aryl methyl sites for hydroxylation is 1. The Labute approximate surface area is 134 Å². The fraction of sp³-hybridized carbons (Fsp3) is 0.353. The van der Waals surface area contributed by atoms with Gasteiger partial charge in [0, 0.05) is 54.4 Å². The first-order valence-electron chi connectivity index (χ1n) is 7.90. The first kappa shape index (κ1) is 14.1. The molecule has 23 heavy (non-hydrogen) atoms. The lowest BCUT2D eigenvalue weighted by atomic mass is 10.1. The molecule has 0 saturated carbocycles. The van der Waals surface area contributed by atoms with E-state index in [2.05, 4.69) is 37.8 Å². The van der Waals surface area contributed by atoms with Gasteiger partial charge in [0.15, 0.2) is 0 Å². The van der Waals surface area contributed by atoms with Crippen LogP contribution in [0.3, 0.4) is 0 Å². The van der Waals surface area contributed by atoms with Crippen molar-refractivity contribution in [1.29, 1.82) is 0 Å². The summed E-state index contributed by atoms with van der Waals surface area (Å²) in [6.45, 7) is 3.67. The number of anilines is 1. The maximum Gasteiger partial charge on any atom is 0.225 e. The van der Waals surface area contributed by atoms with Crippen LogP contribution in [0, 0.1) is 6.92 Å². The maximum atomic E-state index is 9.58. The Hall–Kier alpha value is -2.47. The van der Waals surface area contributed by atoms with Gasteiger partial charge in [-0.1, -0.05) is 0 Å². The quantitative estimate of drug-likeness (QED) is 0.759. The van der Waals surface area contributed by atoms with E-state index in [9.17, 15) is 5.11 Å². The van der Waals surface area contributed by atoms with E-state index >= 15 is 0 Å². The van der Waals surface area contributed by atoms with Crippen LogP contribution in [-0.2, 0) is 0 Å². The van der Waals surface area contributed by atoms with Gasteiger partial charge >= 0.3 is 0 Å². The van der Waals surface area contributed by atoms with E-state index in [0.717, 1.165) is 54.0 Å². The van der Waals surface area contributed by atoms with Gasteiger partial charge in [0.2, 0.25) is 5.95 Å². The molecule has 1 saturated heterocycles. The Morgan fingerprint density at radius 1 is 1.09 bits per heavy atom. The van der Waals surface area contributed by atoms with Crippen LogP contribution in [-0.4, -0.2) is 44.2 Å². The molecule has 1 aliphatic rings. The lowest BCUT2D eigenvalue weighted by Crippen LogP contribution is -2.36. The number of aromatic nitrogens is 4. The third-order valence-corrected chi connectivity index (χ3v) is 4.46. The van der Waals surface area contributed by atoms with Crippen molar-refractivity contribution in [1.82, 2.24) is 19.9 Å². The zero-order chi connectivity index (χ0) is 15.8. The molecule has 6 nitrogen and oxygen atoms in total. The Kier molecular flexibility index (Phi) is 3.46. The minimum Gasteiger partial charge on any atom is -0.393 e. The molecule has 0 spiro atoms. The molecule has 0 radical (unpaired) electrons. The molecule has 6 heteroatoms. The Morgan fingerprint density at radius 2 is 1.78 bits per heavy atom. The third kappa shape index (κ3) is 2.66. The number of H-pyrrole nitrogens is 1. The molecule has 0 amide bonds. The molecule has 0 aliphatic carbocycles. The van der Waals surface area contributed by atoms with Crippen LogP contribution in [0.5, 0.6) is 0 Å². The van der Waals surface area contributed by atoms with Gasteiger partial charge in [-0.3, -0.25) is 0 Å². The fourth-order valence-corrected chi connectivity index (χ4v) is 2.99. The van der Waals surface area contributed by atoms with Gasteiger partial charge in [-0.2, -0.15) is 0 Å². The van der Waals surface area contributed by atoms with Crippen molar-refractivity contribution < 1.29 is 5.11 Å². The highest BCUT2D eigenvalue weighted by Crippen LogP contribution is 2.24. The predicted octanol–water partition coefficient (Wildman–Crippen LogP) is 2.29. The van der Waals surface area contributed by atoms with Gasteiger partial charge in [0.25, 0.3) is 0 Å². The number of hydrogen-bond acceptors (Lipinski definition) is 5. The highest BCUT2D eigenvalue weighted by molar-refractivity contribution is 5.84. The Morgan fingerprint density at radius 3 is 2.52 bits per heavy atom. The van der Waals surface area contributed by atoms with Crippen molar-refractivity contribution in [2.24, 2.45) is 0 Å². The smallest absolute Gasteiger partial charge is 0.225 e. The Balaban J connectivity index is 1.60. The lowest BCUT2D eigenvalue weighted by molar-refractivity contribution is 0.145. The van der Waals surface area contributed by atoms with Crippen molar-refractivity contribution in [2.45, 2.75) is 25.9 Å². The first-order valence-corrected chi connectivity index (χ1v) is 7.90. The second-order valence-electron chi connectivity index (χ2n) is 6.08. The van der Waals surface area contributed by atoms with Crippen LogP contribution >= 0.6 is 0 Å². The molecule has 0 atom stereocenters. The number of aliphatic hydroxyl groups excluding tert-OH is 1. The van der Waals surface area contributed by atoms with Crippen molar-refractivity contribution in [3.63, 3.8) is 0 Å². The van der Waals surface area contributed by atoms with E-state index in [-0.39, 0.29) is 6.10 Å². The van der Waals surface area contributed by atoms with Crippen LogP contribution in [0.15, 0.2) is 30.9 Å². The minimum atomic E-state index is -0.187. The van der Waals surface area contributed by atoms with Gasteiger partial charge in [0.1, 0.15) is 5.65 Å². The summed E-state index contributed by atoms with van der Waals surface area (Å²) in [5.41, 5.74) is 4.05. The molecule has 118 valence electrons. The van der Waals surface area contributed by atoms with E-state index in [4.69, 9.17) is 0 Å². The standard InChI is InChI=1S/C17H19N5O/c1-11-7-18-16-15(11)6-12(8-19-16)13-9-20-17(21-10-13)22-4-2-14(23)3-5-22/h6-10,14,23H,2-5H2,1H3,(H,18,19). The molecule has 1 fully saturated rings. The second-order valence-corrected chi connectivity index (χ2v) is 6.08. The van der Waals surface area contributed by atoms with Crippen LogP contribution in [0.25, 0.3) is 22.2 Å². The fourth-order valence-electron chi connectivity index (χ4n) is 2.99. The second kappa shape index (κ2) is 5.62. The first-order chi connectivity index (χ1) is 11.2. The summed E-state index contributed by atoms with van der Waals surface area (Å²) in [5.74, 6) is 0.729. The summed E-state index contributed by atoms with van der Waals surface area (Å²) in [6.07, 6.45) is 8.86. The molecular weight excluding hydrogens is 290 g/mol. The van der Waals surface area contributed by atoms with Gasteiger partial charge in [-0.05, 0) is 31.4 Å². The van der Waals surface area contributed by atoms with Crippen molar-refractivity contribution >= 4 is 17.0 Å². The molecule has 4 rings (SSSR count). The van der Waals surface area contributed by atoms with E-state index in [0.29, 0.717) is 0 Å². The van der Waals surface area contributed by atoms with E-state index in [1.54, 1.807) is 0 Å². The highest BCUT2D eigenvalue weighted by atomic mass is 16.3. The van der Waals surface area contributed by atoms with Crippen LogP contribution in [0.2, 0.25) is 0 Å². The predicted molar refractivity (Wildman–Crippen MR) is 89.3 cm³/mol. The third-order valence-electron chi connectivity index (χ3n) is 4.46. The molecule has 1 aliphatic heterocycles. The molecule has 3 aromatic rings. The molecule has 0 bridgehead atoms. The monoisotopic (exact) mass is 309 g/mol. The van der Waals surface area contributed by atoms with E-state index in [1.807, 2.05) is 24.8 Å². The number of aromatic amines is 1. The van der Waals surface area contributed by atoms with Crippen molar-refractivity contribution in [3.05, 3.63) is 36.4 Å². The maximum absolute atomic E-state index is 9.58. The summed E-state index contributed by atoms with van der Waals surface area (Å²) in [7, 11) is 0. The normalized spacial score (nSPS) is 16.2. The molecule has 0 unspecified atom stereocenters. The van der Waals surface area contributed by atoms with Gasteiger partial charge in [-0.25, -0.2) is 15.0 Å². The summed E-state index contributed by atoms with van der Waals surface area (Å²) in [5, 5.41) is 10.7. The number of fused-ring (bicyclic) bond motifs is 1. The van der Waals surface area contributed by atoms with Crippen molar-refractivity contribution in [3.8, 4) is 11.1 Å². The van der Waals surface area contributed by atoms with Crippen LogP contribution < -0.4 is 4.90 Å². The number of hydrogen-bond donors (Lipinski definition) is 2. The summed E-state index contributed by atoms with van der Waals surface area (Å²) in [6, 6.07) is 2.11. The van der Waals surface area contributed by atoms with Crippen LogP contribution in [0.4, 0.5) is 5.95 Å². The van der Waals surface area contributed by atoms with Crippen molar-refractivity contribution in [2.75, 3.05) is 18.0 Å². The zero-order valence-electron chi connectivity index (χ0n) is 13.0. The highest BCUT2D eigenvalue weighted by Gasteiger charge is 2.19. The molecule has 4 heterocycles. The summed E-state index contributed by atoms with van der Waals surface area (Å²) < 4.78 is 0. The SMILES string of the molecule is Cc1c[nH]c2ncc(-c3cnc(N4CCC(O)CC4)nc3)cc12. The lowest BCUT2D eigenvalue weighted by Gasteiger charge is -2.29. The van der Waals surface area contributed by atoms with E-state index in [1.165, 1.54) is 5.56 Å². The number of piperidine rings is 1. The molecule has 2 N–H and O–H groups in total. The number of aliphatic hydroxyl groups is 1. The summed E-state index contributed by atoms with van der Waals surface area (Å²) in [4.78, 5) is 18.7. The average molecular weight is 309 g/mol.